The minimum absolute atomic E-state index is 0.544. The van der Waals surface area contributed by atoms with E-state index in [0.717, 1.165) is 33.2 Å². The molecule has 102 valence electrons. The quantitative estimate of drug-likeness (QED) is 0.717. The number of hydrogen-bond acceptors (Lipinski definition) is 2. The molecule has 1 aliphatic rings. The number of para-hydroxylation sites is 1. The highest BCUT2D eigenvalue weighted by atomic mass is 79.9. The number of pyridine rings is 1. The average Bonchev–Trinajstić information content (AvgIpc) is 2.84. The van der Waals surface area contributed by atoms with Crippen molar-refractivity contribution in [1.82, 2.24) is 4.98 Å². The molecule has 4 heteroatoms. The lowest BCUT2D eigenvalue weighted by Gasteiger charge is -2.19. The predicted molar refractivity (Wildman–Crippen MR) is 88.9 cm³/mol. The van der Waals surface area contributed by atoms with Crippen LogP contribution in [-0.2, 0) is 6.54 Å². The number of nitrogens with one attached hydrogen (secondary N) is 1. The number of nitrogens with zero attached hydrogens (tertiary/aromatic N) is 2. The van der Waals surface area contributed by atoms with Crippen LogP contribution >= 0.6 is 15.9 Å². The van der Waals surface area contributed by atoms with Crippen LogP contribution in [0.15, 0.2) is 59.2 Å². The van der Waals surface area contributed by atoms with Crippen molar-refractivity contribution in [3.05, 3.63) is 70.3 Å². The highest BCUT2D eigenvalue weighted by molar-refractivity contribution is 9.10. The van der Waals surface area contributed by atoms with Crippen LogP contribution in [0, 0.1) is 5.41 Å². The van der Waals surface area contributed by atoms with Gasteiger partial charge in [-0.25, -0.2) is 0 Å². The second-order valence-corrected chi connectivity index (χ2v) is 6.01. The Kier molecular flexibility index (Phi) is 2.79. The van der Waals surface area contributed by atoms with Gasteiger partial charge >= 0.3 is 0 Å². The van der Waals surface area contributed by atoms with Crippen molar-refractivity contribution in [1.29, 1.82) is 5.41 Å². The van der Waals surface area contributed by atoms with Crippen LogP contribution in [0.5, 0.6) is 0 Å². The minimum Gasteiger partial charge on any atom is -0.320 e. The molecule has 0 radical (unpaired) electrons. The topological polar surface area (TPSA) is 40.0 Å². The molecule has 4 rings (SSSR count). The van der Waals surface area contributed by atoms with E-state index in [4.69, 9.17) is 5.41 Å². The lowest BCUT2D eigenvalue weighted by molar-refractivity contribution is 1.05. The molecular formula is C17H12BrN3. The fourth-order valence-electron chi connectivity index (χ4n) is 2.83. The first-order valence-corrected chi connectivity index (χ1v) is 7.52. The summed E-state index contributed by atoms with van der Waals surface area (Å²) in [6, 6.07) is 16.2. The molecule has 3 aromatic rings. The molecule has 0 bridgehead atoms. The summed E-state index contributed by atoms with van der Waals surface area (Å²) in [6.07, 6.45) is 1.80. The van der Waals surface area contributed by atoms with E-state index in [0.29, 0.717) is 5.84 Å². The number of amidine groups is 1. The second kappa shape index (κ2) is 4.67. The first-order chi connectivity index (χ1) is 10.2. The number of rotatable bonds is 1. The highest BCUT2D eigenvalue weighted by Crippen LogP contribution is 2.33. The van der Waals surface area contributed by atoms with E-state index in [1.165, 1.54) is 5.56 Å². The van der Waals surface area contributed by atoms with Crippen LogP contribution in [0.2, 0.25) is 0 Å². The Morgan fingerprint density at radius 1 is 1.10 bits per heavy atom. The fourth-order valence-corrected chi connectivity index (χ4v) is 3.17. The molecule has 0 atom stereocenters. The lowest BCUT2D eigenvalue weighted by atomic mass is 10.1. The molecular weight excluding hydrogens is 326 g/mol. The van der Waals surface area contributed by atoms with Crippen molar-refractivity contribution in [3.63, 3.8) is 0 Å². The molecule has 0 saturated heterocycles. The van der Waals surface area contributed by atoms with E-state index in [1.54, 1.807) is 6.20 Å². The maximum Gasteiger partial charge on any atom is 0.133 e. The Morgan fingerprint density at radius 2 is 1.95 bits per heavy atom. The van der Waals surface area contributed by atoms with E-state index in [-0.39, 0.29) is 0 Å². The van der Waals surface area contributed by atoms with Gasteiger partial charge in [0.1, 0.15) is 5.84 Å². The van der Waals surface area contributed by atoms with Gasteiger partial charge in [-0.3, -0.25) is 10.4 Å². The third-order valence-electron chi connectivity index (χ3n) is 3.82. The maximum absolute atomic E-state index is 8.43. The Labute approximate surface area is 130 Å². The first kappa shape index (κ1) is 12.5. The zero-order valence-corrected chi connectivity index (χ0v) is 12.8. The van der Waals surface area contributed by atoms with Crippen molar-refractivity contribution in [2.45, 2.75) is 6.54 Å². The van der Waals surface area contributed by atoms with Gasteiger partial charge in [0.25, 0.3) is 0 Å². The van der Waals surface area contributed by atoms with Crippen molar-refractivity contribution < 1.29 is 0 Å². The van der Waals surface area contributed by atoms with Gasteiger partial charge in [0.15, 0.2) is 0 Å². The van der Waals surface area contributed by atoms with Crippen LogP contribution in [-0.4, -0.2) is 10.8 Å². The molecule has 2 heterocycles. The molecule has 1 aliphatic heterocycles. The second-order valence-electron chi connectivity index (χ2n) is 5.09. The van der Waals surface area contributed by atoms with Gasteiger partial charge in [-0.05, 0) is 33.6 Å². The van der Waals surface area contributed by atoms with E-state index in [1.807, 2.05) is 41.3 Å². The molecule has 21 heavy (non-hydrogen) atoms. The number of halogens is 1. The standard InChI is InChI=1S/C17H12BrN3/c18-13-8-11-5-3-7-15(16(11)20-9-13)21-10-12-4-1-2-6-14(12)17(21)19/h1-9,19H,10H2. The number of hydrogen-bond donors (Lipinski definition) is 1. The largest absolute Gasteiger partial charge is 0.320 e. The summed E-state index contributed by atoms with van der Waals surface area (Å²) in [7, 11) is 0. The summed E-state index contributed by atoms with van der Waals surface area (Å²) in [4.78, 5) is 6.56. The Morgan fingerprint density at radius 3 is 2.81 bits per heavy atom. The van der Waals surface area contributed by atoms with Crippen molar-refractivity contribution in [2.24, 2.45) is 0 Å². The zero-order chi connectivity index (χ0) is 14.4. The Bertz CT molecular complexity index is 873. The van der Waals surface area contributed by atoms with Gasteiger partial charge in [-0.2, -0.15) is 0 Å². The number of aromatic nitrogens is 1. The summed E-state index contributed by atoms with van der Waals surface area (Å²) in [5.74, 6) is 0.544. The van der Waals surface area contributed by atoms with Crippen molar-refractivity contribution >= 4 is 38.4 Å². The lowest BCUT2D eigenvalue weighted by Crippen LogP contribution is -2.23. The van der Waals surface area contributed by atoms with Gasteiger partial charge in [0.05, 0.1) is 17.7 Å². The normalized spacial score (nSPS) is 13.8. The molecule has 0 spiro atoms. The molecule has 2 aromatic carbocycles. The molecule has 0 aliphatic carbocycles. The van der Waals surface area contributed by atoms with Gasteiger partial charge in [0.2, 0.25) is 0 Å². The minimum atomic E-state index is 0.544. The smallest absolute Gasteiger partial charge is 0.133 e. The van der Waals surface area contributed by atoms with Gasteiger partial charge in [-0.15, -0.1) is 0 Å². The third kappa shape index (κ3) is 1.94. The monoisotopic (exact) mass is 337 g/mol. The molecule has 0 unspecified atom stereocenters. The van der Waals surface area contributed by atoms with Crippen molar-refractivity contribution in [3.8, 4) is 0 Å². The molecule has 1 N–H and O–H groups in total. The molecule has 3 nitrogen and oxygen atoms in total. The number of anilines is 1. The summed E-state index contributed by atoms with van der Waals surface area (Å²) >= 11 is 3.46. The van der Waals surface area contributed by atoms with E-state index in [9.17, 15) is 0 Å². The summed E-state index contributed by atoms with van der Waals surface area (Å²) in [6.45, 7) is 0.728. The fraction of sp³-hybridized carbons (Fsp3) is 0.0588. The van der Waals surface area contributed by atoms with Crippen LogP contribution < -0.4 is 4.90 Å². The van der Waals surface area contributed by atoms with Crippen LogP contribution in [0.4, 0.5) is 5.69 Å². The summed E-state index contributed by atoms with van der Waals surface area (Å²) in [5, 5.41) is 9.51. The molecule has 1 aromatic heterocycles. The summed E-state index contributed by atoms with van der Waals surface area (Å²) in [5.41, 5.74) is 4.11. The van der Waals surface area contributed by atoms with Gasteiger partial charge in [0, 0.05) is 21.6 Å². The molecule has 0 amide bonds. The number of fused-ring (bicyclic) bond motifs is 2. The zero-order valence-electron chi connectivity index (χ0n) is 11.2. The third-order valence-corrected chi connectivity index (χ3v) is 4.25. The van der Waals surface area contributed by atoms with Crippen LogP contribution in [0.3, 0.4) is 0 Å². The first-order valence-electron chi connectivity index (χ1n) is 6.73. The molecule has 0 fully saturated rings. The van der Waals surface area contributed by atoms with Gasteiger partial charge in [-0.1, -0.05) is 36.4 Å². The van der Waals surface area contributed by atoms with E-state index >= 15 is 0 Å². The van der Waals surface area contributed by atoms with E-state index < -0.39 is 0 Å². The Hall–Kier alpha value is -2.20. The predicted octanol–water partition coefficient (Wildman–Crippen LogP) is 4.34. The van der Waals surface area contributed by atoms with Crippen molar-refractivity contribution in [2.75, 3.05) is 4.90 Å². The SMILES string of the molecule is N=C1c2ccccc2CN1c1cccc2cc(Br)cnc12. The van der Waals surface area contributed by atoms with E-state index in [2.05, 4.69) is 33.0 Å². The maximum atomic E-state index is 8.43. The average molecular weight is 338 g/mol. The van der Waals surface area contributed by atoms with Crippen LogP contribution in [0.25, 0.3) is 10.9 Å². The van der Waals surface area contributed by atoms with Gasteiger partial charge < -0.3 is 4.90 Å². The molecule has 0 saturated carbocycles. The number of benzene rings is 2. The van der Waals surface area contributed by atoms with Crippen LogP contribution in [0.1, 0.15) is 11.1 Å². The Balaban J connectivity index is 1.88. The highest BCUT2D eigenvalue weighted by Gasteiger charge is 2.26. The summed E-state index contributed by atoms with van der Waals surface area (Å²) < 4.78 is 0.965.